The van der Waals surface area contributed by atoms with Gasteiger partial charge in [-0.05, 0) is 30.7 Å². The van der Waals surface area contributed by atoms with Gasteiger partial charge in [-0.15, -0.1) is 0 Å². The fraction of sp³-hybridized carbons (Fsp3) is 0.214. The van der Waals surface area contributed by atoms with Crippen LogP contribution in [0.2, 0.25) is 0 Å². The van der Waals surface area contributed by atoms with E-state index in [9.17, 15) is 4.79 Å². The van der Waals surface area contributed by atoms with E-state index in [0.717, 1.165) is 17.8 Å². The van der Waals surface area contributed by atoms with Gasteiger partial charge in [0.1, 0.15) is 5.69 Å². The summed E-state index contributed by atoms with van der Waals surface area (Å²) >= 11 is 0. The lowest BCUT2D eigenvalue weighted by atomic mass is 10.2. The minimum absolute atomic E-state index is 0.109. The molecule has 2 rings (SSSR count). The molecule has 1 amide bonds. The van der Waals surface area contributed by atoms with Gasteiger partial charge in [-0.2, -0.15) is 0 Å². The highest BCUT2D eigenvalue weighted by Crippen LogP contribution is 2.15. The van der Waals surface area contributed by atoms with Gasteiger partial charge in [0.2, 0.25) is 0 Å². The van der Waals surface area contributed by atoms with Gasteiger partial charge in [0, 0.05) is 25.0 Å². The quantitative estimate of drug-likeness (QED) is 0.865. The van der Waals surface area contributed by atoms with Gasteiger partial charge in [0.05, 0.1) is 0 Å². The van der Waals surface area contributed by atoms with Crippen LogP contribution in [0.25, 0.3) is 0 Å². The molecule has 4 nitrogen and oxygen atoms in total. The van der Waals surface area contributed by atoms with E-state index in [-0.39, 0.29) is 5.91 Å². The minimum Gasteiger partial charge on any atom is -0.344 e. The minimum atomic E-state index is -0.109. The van der Waals surface area contributed by atoms with Gasteiger partial charge in [-0.1, -0.05) is 18.2 Å². The largest absolute Gasteiger partial charge is 0.344 e. The maximum absolute atomic E-state index is 12.2. The molecule has 0 aliphatic rings. The molecule has 0 radical (unpaired) electrons. The Morgan fingerprint density at radius 2 is 2.06 bits per heavy atom. The predicted octanol–water partition coefficient (Wildman–Crippen LogP) is 2.22. The Bertz CT molecular complexity index is 545. The number of rotatable bonds is 4. The number of amides is 1. The van der Waals surface area contributed by atoms with Crippen LogP contribution in [-0.4, -0.2) is 10.5 Å². The zero-order valence-electron chi connectivity index (χ0n) is 10.4. The van der Waals surface area contributed by atoms with Gasteiger partial charge in [0.25, 0.3) is 5.91 Å². The van der Waals surface area contributed by atoms with Crippen molar-refractivity contribution < 1.29 is 4.79 Å². The molecule has 94 valence electrons. The molecule has 0 spiro atoms. The highest BCUT2D eigenvalue weighted by atomic mass is 16.1. The van der Waals surface area contributed by atoms with E-state index in [1.807, 2.05) is 54.1 Å². The van der Waals surface area contributed by atoms with E-state index < -0.39 is 0 Å². The van der Waals surface area contributed by atoms with Crippen molar-refractivity contribution in [3.8, 4) is 0 Å². The standard InChI is InChI=1S/C14H17N3O/c1-2-17-9-5-8-13(17)14(18)16-12-7-4-3-6-11(12)10-15/h3-9H,2,10,15H2,1H3,(H,16,18). The number of carbonyl (C=O) groups excluding carboxylic acids is 1. The maximum atomic E-state index is 12.2. The first kappa shape index (κ1) is 12.4. The Balaban J connectivity index is 2.21. The molecule has 4 heteroatoms. The van der Waals surface area contributed by atoms with Crippen molar-refractivity contribution in [3.63, 3.8) is 0 Å². The zero-order chi connectivity index (χ0) is 13.0. The average Bonchev–Trinajstić information content (AvgIpc) is 2.87. The molecule has 0 bridgehead atoms. The monoisotopic (exact) mass is 243 g/mol. The first-order chi connectivity index (χ1) is 8.76. The highest BCUT2D eigenvalue weighted by Gasteiger charge is 2.11. The number of nitrogens with one attached hydrogen (secondary N) is 1. The van der Waals surface area contributed by atoms with E-state index in [1.54, 1.807) is 0 Å². The Labute approximate surface area is 106 Å². The van der Waals surface area contributed by atoms with E-state index in [1.165, 1.54) is 0 Å². The van der Waals surface area contributed by atoms with Gasteiger partial charge in [-0.3, -0.25) is 4.79 Å². The number of carbonyl (C=O) groups is 1. The number of nitrogens with two attached hydrogens (primary N) is 1. The molecule has 0 saturated heterocycles. The van der Waals surface area contributed by atoms with E-state index in [2.05, 4.69) is 5.32 Å². The lowest BCUT2D eigenvalue weighted by Crippen LogP contribution is -2.17. The molecule has 0 fully saturated rings. The number of aromatic nitrogens is 1. The molecule has 1 heterocycles. The first-order valence-electron chi connectivity index (χ1n) is 6.00. The fourth-order valence-corrected chi connectivity index (χ4v) is 1.90. The second-order valence-corrected chi connectivity index (χ2v) is 3.99. The summed E-state index contributed by atoms with van der Waals surface area (Å²) < 4.78 is 1.90. The molecule has 1 aromatic carbocycles. The molecule has 0 aliphatic carbocycles. The topological polar surface area (TPSA) is 60.0 Å². The molecule has 3 N–H and O–H groups in total. The number of anilines is 1. The van der Waals surface area contributed by atoms with Crippen LogP contribution in [0.3, 0.4) is 0 Å². The summed E-state index contributed by atoms with van der Waals surface area (Å²) in [5.41, 5.74) is 8.00. The second kappa shape index (κ2) is 5.51. The van der Waals surface area contributed by atoms with Crippen molar-refractivity contribution in [2.45, 2.75) is 20.0 Å². The third kappa shape index (κ3) is 2.43. The molecule has 0 saturated carbocycles. The van der Waals surface area contributed by atoms with Crippen molar-refractivity contribution in [2.75, 3.05) is 5.32 Å². The Kier molecular flexibility index (Phi) is 3.79. The molecular weight excluding hydrogens is 226 g/mol. The molecule has 1 aromatic heterocycles. The molecular formula is C14H17N3O. The summed E-state index contributed by atoms with van der Waals surface area (Å²) in [4.78, 5) is 12.2. The van der Waals surface area contributed by atoms with Crippen molar-refractivity contribution in [1.29, 1.82) is 0 Å². The summed E-state index contributed by atoms with van der Waals surface area (Å²) in [7, 11) is 0. The molecule has 0 atom stereocenters. The smallest absolute Gasteiger partial charge is 0.272 e. The SMILES string of the molecule is CCn1cccc1C(=O)Nc1ccccc1CN. The second-order valence-electron chi connectivity index (χ2n) is 3.99. The number of hydrogen-bond donors (Lipinski definition) is 2. The van der Waals surface area contributed by atoms with Crippen molar-refractivity contribution in [3.05, 3.63) is 53.9 Å². The van der Waals surface area contributed by atoms with Crippen molar-refractivity contribution in [1.82, 2.24) is 4.57 Å². The maximum Gasteiger partial charge on any atom is 0.272 e. The van der Waals surface area contributed by atoms with Crippen LogP contribution in [0, 0.1) is 0 Å². The average molecular weight is 243 g/mol. The first-order valence-corrected chi connectivity index (χ1v) is 6.00. The summed E-state index contributed by atoms with van der Waals surface area (Å²) in [6, 6.07) is 11.2. The van der Waals surface area contributed by atoms with Crippen LogP contribution in [0.5, 0.6) is 0 Å². The van der Waals surface area contributed by atoms with Crippen LogP contribution in [-0.2, 0) is 13.1 Å². The Morgan fingerprint density at radius 1 is 1.28 bits per heavy atom. The van der Waals surface area contributed by atoms with Crippen LogP contribution in [0.1, 0.15) is 23.0 Å². The Morgan fingerprint density at radius 3 is 2.78 bits per heavy atom. The van der Waals surface area contributed by atoms with Crippen molar-refractivity contribution in [2.24, 2.45) is 5.73 Å². The molecule has 0 aliphatic heterocycles. The van der Waals surface area contributed by atoms with E-state index >= 15 is 0 Å². The number of para-hydroxylation sites is 1. The summed E-state index contributed by atoms with van der Waals surface area (Å²) in [5.74, 6) is -0.109. The third-order valence-corrected chi connectivity index (χ3v) is 2.89. The van der Waals surface area contributed by atoms with Gasteiger partial charge in [0.15, 0.2) is 0 Å². The number of hydrogen-bond acceptors (Lipinski definition) is 2. The zero-order valence-corrected chi connectivity index (χ0v) is 10.4. The molecule has 18 heavy (non-hydrogen) atoms. The van der Waals surface area contributed by atoms with Crippen molar-refractivity contribution >= 4 is 11.6 Å². The lowest BCUT2D eigenvalue weighted by Gasteiger charge is -2.10. The summed E-state index contributed by atoms with van der Waals surface area (Å²) in [6.45, 7) is 3.18. The molecule has 0 unspecified atom stereocenters. The van der Waals surface area contributed by atoms with Crippen LogP contribution in [0.4, 0.5) is 5.69 Å². The van der Waals surface area contributed by atoms with E-state index in [4.69, 9.17) is 5.73 Å². The van der Waals surface area contributed by atoms with Gasteiger partial charge in [-0.25, -0.2) is 0 Å². The molecule has 2 aromatic rings. The van der Waals surface area contributed by atoms with Crippen LogP contribution >= 0.6 is 0 Å². The van der Waals surface area contributed by atoms with Gasteiger partial charge >= 0.3 is 0 Å². The number of aryl methyl sites for hydroxylation is 1. The number of benzene rings is 1. The predicted molar refractivity (Wildman–Crippen MR) is 72.4 cm³/mol. The highest BCUT2D eigenvalue weighted by molar-refractivity contribution is 6.03. The number of nitrogens with zero attached hydrogens (tertiary/aromatic N) is 1. The summed E-state index contributed by atoms with van der Waals surface area (Å²) in [5, 5.41) is 2.90. The van der Waals surface area contributed by atoms with Gasteiger partial charge < -0.3 is 15.6 Å². The Hall–Kier alpha value is -2.07. The van der Waals surface area contributed by atoms with Crippen LogP contribution < -0.4 is 11.1 Å². The lowest BCUT2D eigenvalue weighted by molar-refractivity contribution is 0.101. The third-order valence-electron chi connectivity index (χ3n) is 2.89. The fourth-order valence-electron chi connectivity index (χ4n) is 1.90. The summed E-state index contributed by atoms with van der Waals surface area (Å²) in [6.07, 6.45) is 1.89. The normalized spacial score (nSPS) is 10.3. The van der Waals surface area contributed by atoms with E-state index in [0.29, 0.717) is 12.2 Å². The van der Waals surface area contributed by atoms with Crippen LogP contribution in [0.15, 0.2) is 42.6 Å².